The van der Waals surface area contributed by atoms with Crippen molar-refractivity contribution >= 4 is 11.8 Å². The van der Waals surface area contributed by atoms with Crippen molar-refractivity contribution in [1.29, 1.82) is 5.26 Å². The molecule has 0 radical (unpaired) electrons. The number of thioether (sulfide) groups is 1. The highest BCUT2D eigenvalue weighted by molar-refractivity contribution is 7.99. The molecule has 1 atom stereocenters. The van der Waals surface area contributed by atoms with Crippen LogP contribution in [0.25, 0.3) is 0 Å². The molecule has 2 N–H and O–H groups in total. The van der Waals surface area contributed by atoms with Crippen molar-refractivity contribution < 1.29 is 4.42 Å². The van der Waals surface area contributed by atoms with Gasteiger partial charge in [-0.2, -0.15) is 5.26 Å². The smallest absolute Gasteiger partial charge is 0.256 e. The summed E-state index contributed by atoms with van der Waals surface area (Å²) in [6, 6.07) is 1.59. The van der Waals surface area contributed by atoms with Crippen LogP contribution in [0.4, 0.5) is 0 Å². The van der Waals surface area contributed by atoms with E-state index >= 15 is 0 Å². The molecule has 0 spiro atoms. The van der Waals surface area contributed by atoms with Gasteiger partial charge in [-0.25, -0.2) is 4.98 Å². The number of nitrogens with zero attached hydrogens (tertiary/aromatic N) is 2. The average molecular weight is 211 g/mol. The van der Waals surface area contributed by atoms with Crippen LogP contribution in [0.3, 0.4) is 0 Å². The van der Waals surface area contributed by atoms with Gasteiger partial charge in [-0.15, -0.1) is 0 Å². The van der Waals surface area contributed by atoms with E-state index in [-0.39, 0.29) is 6.04 Å². The van der Waals surface area contributed by atoms with Crippen LogP contribution in [-0.4, -0.2) is 16.8 Å². The molecule has 0 saturated carbocycles. The molecule has 0 aliphatic rings. The van der Waals surface area contributed by atoms with E-state index in [1.807, 2.05) is 19.9 Å². The topological polar surface area (TPSA) is 75.8 Å². The fourth-order valence-electron chi connectivity index (χ4n) is 0.843. The first-order valence-electron chi connectivity index (χ1n) is 4.35. The molecule has 0 aliphatic carbocycles. The molecule has 0 saturated heterocycles. The van der Waals surface area contributed by atoms with Gasteiger partial charge in [-0.1, -0.05) is 11.8 Å². The highest BCUT2D eigenvalue weighted by Gasteiger charge is 2.07. The van der Waals surface area contributed by atoms with Gasteiger partial charge >= 0.3 is 0 Å². The Morgan fingerprint density at radius 1 is 1.64 bits per heavy atom. The molecule has 0 fully saturated rings. The number of aryl methyl sites for hydroxylation is 2. The quantitative estimate of drug-likeness (QED) is 0.766. The molecule has 1 aromatic rings. The third kappa shape index (κ3) is 3.05. The summed E-state index contributed by atoms with van der Waals surface area (Å²) in [5, 5.41) is 9.11. The molecule has 1 heterocycles. The molecule has 0 aliphatic heterocycles. The van der Waals surface area contributed by atoms with E-state index in [0.29, 0.717) is 11.6 Å². The van der Waals surface area contributed by atoms with E-state index in [1.165, 1.54) is 11.8 Å². The summed E-state index contributed by atoms with van der Waals surface area (Å²) in [6.45, 7) is 3.79. The lowest BCUT2D eigenvalue weighted by Crippen LogP contribution is -2.17. The molecule has 0 amide bonds. The van der Waals surface area contributed by atoms with Crippen LogP contribution in [-0.2, 0) is 0 Å². The van der Waals surface area contributed by atoms with Crippen molar-refractivity contribution in [1.82, 2.24) is 4.98 Å². The second kappa shape index (κ2) is 5.03. The van der Waals surface area contributed by atoms with Crippen molar-refractivity contribution in [2.75, 3.05) is 5.75 Å². The zero-order valence-corrected chi connectivity index (χ0v) is 9.10. The summed E-state index contributed by atoms with van der Waals surface area (Å²) in [5.41, 5.74) is 6.36. The van der Waals surface area contributed by atoms with Crippen LogP contribution in [0, 0.1) is 25.2 Å². The Balaban J connectivity index is 2.36. The Hall–Kier alpha value is -0.990. The molecule has 1 aromatic heterocycles. The molecular weight excluding hydrogens is 198 g/mol. The van der Waals surface area contributed by atoms with Crippen molar-refractivity contribution in [3.63, 3.8) is 0 Å². The van der Waals surface area contributed by atoms with Gasteiger partial charge in [0.15, 0.2) is 0 Å². The normalized spacial score (nSPS) is 12.4. The third-order valence-corrected chi connectivity index (χ3v) is 2.69. The predicted octanol–water partition coefficient (Wildman–Crippen LogP) is 1.62. The lowest BCUT2D eigenvalue weighted by atomic mass is 10.3. The van der Waals surface area contributed by atoms with Gasteiger partial charge in [0.05, 0.1) is 17.8 Å². The molecule has 76 valence electrons. The Bertz CT molecular complexity index is 323. The lowest BCUT2D eigenvalue weighted by molar-refractivity contribution is 0.431. The summed E-state index contributed by atoms with van der Waals surface area (Å²) < 4.78 is 5.36. The highest BCUT2D eigenvalue weighted by atomic mass is 32.2. The van der Waals surface area contributed by atoms with E-state index in [0.717, 1.165) is 17.2 Å². The Kier molecular flexibility index (Phi) is 3.98. The van der Waals surface area contributed by atoms with E-state index < -0.39 is 0 Å². The van der Waals surface area contributed by atoms with Gasteiger partial charge in [0.1, 0.15) is 5.76 Å². The van der Waals surface area contributed by atoms with E-state index in [4.69, 9.17) is 15.4 Å². The standard InChI is InChI=1S/C9H13N3OS/c1-6-7(2)13-9(12-6)14-4-3-8(11)5-10/h8H,3-4,11H2,1-2H3. The number of hydrogen-bond donors (Lipinski definition) is 1. The first kappa shape index (κ1) is 11.1. The Labute approximate surface area is 87.5 Å². The first-order valence-corrected chi connectivity index (χ1v) is 5.34. The molecular formula is C9H13N3OS. The fourth-order valence-corrected chi connectivity index (χ4v) is 1.77. The zero-order valence-electron chi connectivity index (χ0n) is 8.28. The van der Waals surface area contributed by atoms with Gasteiger partial charge in [0.25, 0.3) is 5.22 Å². The van der Waals surface area contributed by atoms with Crippen molar-refractivity contribution in [3.05, 3.63) is 11.5 Å². The SMILES string of the molecule is Cc1nc(SCCC(N)C#N)oc1C. The number of aromatic nitrogens is 1. The largest absolute Gasteiger partial charge is 0.437 e. The minimum atomic E-state index is -0.389. The third-order valence-electron chi connectivity index (χ3n) is 1.83. The minimum Gasteiger partial charge on any atom is -0.437 e. The van der Waals surface area contributed by atoms with E-state index in [1.54, 1.807) is 0 Å². The van der Waals surface area contributed by atoms with Gasteiger partial charge in [0.2, 0.25) is 0 Å². The number of nitrogens with two attached hydrogens (primary N) is 1. The van der Waals surface area contributed by atoms with Crippen molar-refractivity contribution in [2.24, 2.45) is 5.73 Å². The minimum absolute atomic E-state index is 0.389. The van der Waals surface area contributed by atoms with Crippen LogP contribution >= 0.6 is 11.8 Å². The number of hydrogen-bond acceptors (Lipinski definition) is 5. The van der Waals surface area contributed by atoms with Crippen LogP contribution in [0.1, 0.15) is 17.9 Å². The van der Waals surface area contributed by atoms with Gasteiger partial charge < -0.3 is 10.2 Å². The van der Waals surface area contributed by atoms with Crippen molar-refractivity contribution in [2.45, 2.75) is 31.5 Å². The highest BCUT2D eigenvalue weighted by Crippen LogP contribution is 2.20. The number of rotatable bonds is 4. The van der Waals surface area contributed by atoms with Crippen molar-refractivity contribution in [3.8, 4) is 6.07 Å². The zero-order chi connectivity index (χ0) is 10.6. The summed E-state index contributed by atoms with van der Waals surface area (Å²) >= 11 is 1.49. The summed E-state index contributed by atoms with van der Waals surface area (Å²) in [4.78, 5) is 4.21. The summed E-state index contributed by atoms with van der Waals surface area (Å²) in [6.07, 6.45) is 0.654. The maximum absolute atomic E-state index is 8.46. The predicted molar refractivity (Wildman–Crippen MR) is 54.9 cm³/mol. The molecule has 14 heavy (non-hydrogen) atoms. The molecule has 0 bridgehead atoms. The summed E-state index contributed by atoms with van der Waals surface area (Å²) in [7, 11) is 0. The summed E-state index contributed by atoms with van der Waals surface area (Å²) in [5.74, 6) is 1.60. The number of nitriles is 1. The van der Waals surface area contributed by atoms with Gasteiger partial charge in [-0.3, -0.25) is 0 Å². The second-order valence-corrected chi connectivity index (χ2v) is 4.04. The van der Waals surface area contributed by atoms with Gasteiger partial charge in [0, 0.05) is 5.75 Å². The van der Waals surface area contributed by atoms with E-state index in [2.05, 4.69) is 4.98 Å². The average Bonchev–Trinajstić information content (AvgIpc) is 2.46. The second-order valence-electron chi connectivity index (χ2n) is 2.99. The van der Waals surface area contributed by atoms with E-state index in [9.17, 15) is 0 Å². The molecule has 1 rings (SSSR count). The molecule has 4 nitrogen and oxygen atoms in total. The number of oxazole rings is 1. The van der Waals surface area contributed by atoms with Crippen LogP contribution in [0.2, 0.25) is 0 Å². The maximum atomic E-state index is 8.46. The Morgan fingerprint density at radius 2 is 2.36 bits per heavy atom. The Morgan fingerprint density at radius 3 is 2.86 bits per heavy atom. The van der Waals surface area contributed by atoms with Crippen LogP contribution in [0.15, 0.2) is 9.64 Å². The lowest BCUT2D eigenvalue weighted by Gasteiger charge is -1.98. The maximum Gasteiger partial charge on any atom is 0.256 e. The molecule has 1 unspecified atom stereocenters. The first-order chi connectivity index (χ1) is 6.63. The molecule has 5 heteroatoms. The fraction of sp³-hybridized carbons (Fsp3) is 0.556. The monoisotopic (exact) mass is 211 g/mol. The molecule has 0 aromatic carbocycles. The van der Waals surface area contributed by atoms with Crippen LogP contribution < -0.4 is 5.73 Å². The van der Waals surface area contributed by atoms with Crippen LogP contribution in [0.5, 0.6) is 0 Å². The van der Waals surface area contributed by atoms with Gasteiger partial charge in [-0.05, 0) is 20.3 Å².